The van der Waals surface area contributed by atoms with E-state index in [2.05, 4.69) is 65.8 Å². The Bertz CT molecular complexity index is 528. The first kappa shape index (κ1) is 17.2. The van der Waals surface area contributed by atoms with Gasteiger partial charge in [0.2, 0.25) is 0 Å². The maximum absolute atomic E-state index is 2.29. The first-order valence-electron chi connectivity index (χ1n) is 7.02. The van der Waals surface area contributed by atoms with Crippen molar-refractivity contribution in [2.24, 2.45) is 0 Å². The Balaban J connectivity index is 0.00000200. The third kappa shape index (κ3) is 3.60. The summed E-state index contributed by atoms with van der Waals surface area (Å²) in [5.41, 5.74) is 11.3. The Morgan fingerprint density at radius 3 is 1.05 bits per heavy atom. The topological polar surface area (TPSA) is 0 Å². The summed E-state index contributed by atoms with van der Waals surface area (Å²) in [6, 6.07) is 9.17. The number of hydrogen-bond donors (Lipinski definition) is 0. The molecule has 0 radical (unpaired) electrons. The molecule has 0 N–H and O–H groups in total. The molecule has 0 nitrogen and oxygen atoms in total. The van der Waals surface area contributed by atoms with E-state index in [1.165, 1.54) is 44.3 Å². The normalized spacial score (nSPS) is 10.1. The predicted octanol–water partition coefficient (Wildman–Crippen LogP) is 2.28. The summed E-state index contributed by atoms with van der Waals surface area (Å²) < 4.78 is 0. The van der Waals surface area contributed by atoms with Crippen LogP contribution in [0.5, 0.6) is 0 Å². The van der Waals surface area contributed by atoms with Crippen LogP contribution >= 0.6 is 0 Å². The molecule has 2 rings (SSSR count). The average molecular weight is 258 g/mol. The number of hydrogen-bond acceptors (Lipinski definition) is 0. The molecule has 0 atom stereocenters. The minimum absolute atomic E-state index is 0. The van der Waals surface area contributed by atoms with E-state index in [1.54, 1.807) is 0 Å². The summed E-state index contributed by atoms with van der Waals surface area (Å²) in [4.78, 5) is 0. The molecule has 0 fully saturated rings. The molecule has 0 aromatic heterocycles. The molecule has 0 amide bonds. The number of aryl methyl sites for hydroxylation is 6. The number of benzene rings is 2. The van der Waals surface area contributed by atoms with Crippen molar-refractivity contribution < 1.29 is 0 Å². The van der Waals surface area contributed by atoms with Gasteiger partial charge in [-0.1, -0.05) is 68.6 Å². The Morgan fingerprint density at radius 2 is 0.800 bits per heavy atom. The van der Waals surface area contributed by atoms with Gasteiger partial charge in [-0.2, -0.15) is 0 Å². The summed E-state index contributed by atoms with van der Waals surface area (Å²) in [6.07, 6.45) is 0. The van der Waals surface area contributed by atoms with Crippen LogP contribution in [0.2, 0.25) is 0 Å². The van der Waals surface area contributed by atoms with Crippen LogP contribution in [0, 0.1) is 41.5 Å². The second-order valence-corrected chi connectivity index (χ2v) is 5.93. The number of rotatable bonds is 2. The Hall–Kier alpha value is -0.898. The molecule has 0 bridgehead atoms. The molecule has 0 saturated carbocycles. The van der Waals surface area contributed by atoms with Gasteiger partial charge in [0.05, 0.1) is 0 Å². The van der Waals surface area contributed by atoms with Crippen LogP contribution in [0.15, 0.2) is 24.3 Å². The van der Waals surface area contributed by atoms with Gasteiger partial charge in [-0.05, 0) is 41.5 Å². The summed E-state index contributed by atoms with van der Waals surface area (Å²) in [6.45, 7) is 13.3. The third-order valence-corrected chi connectivity index (χ3v) is 4.03. The van der Waals surface area contributed by atoms with Crippen LogP contribution in [0.1, 0.15) is 33.4 Å². The van der Waals surface area contributed by atoms with Crippen molar-refractivity contribution in [2.45, 2.75) is 41.5 Å². The summed E-state index contributed by atoms with van der Waals surface area (Å²) >= 11 is 0. The molecule has 0 aliphatic heterocycles. The first-order chi connectivity index (χ1) is 8.88. The summed E-state index contributed by atoms with van der Waals surface area (Å²) in [7, 11) is 1.05. The van der Waals surface area contributed by atoms with E-state index in [0.29, 0.717) is 0 Å². The fourth-order valence-corrected chi connectivity index (χ4v) is 3.15. The molecule has 20 heavy (non-hydrogen) atoms. The third-order valence-electron chi connectivity index (χ3n) is 4.03. The average Bonchev–Trinajstić information content (AvgIpc) is 2.25. The maximum atomic E-state index is 2.29. The van der Waals surface area contributed by atoms with E-state index >= 15 is 0 Å². The van der Waals surface area contributed by atoms with E-state index < -0.39 is 0 Å². The van der Waals surface area contributed by atoms with Crippen LogP contribution in [0.4, 0.5) is 0 Å². The van der Waals surface area contributed by atoms with Crippen LogP contribution in [0.25, 0.3) is 0 Å². The fraction of sp³-hybridized carbons (Fsp3) is 0.333. The van der Waals surface area contributed by atoms with Crippen molar-refractivity contribution in [3.63, 3.8) is 0 Å². The SMILES string of the molecule is Cc1cc(C)c(Bc2c(C)cc(C)cc2C)c(C)c1.[LiH]. The van der Waals surface area contributed by atoms with Crippen molar-refractivity contribution in [1.29, 1.82) is 0 Å². The first-order valence-corrected chi connectivity index (χ1v) is 7.02. The van der Waals surface area contributed by atoms with Gasteiger partial charge < -0.3 is 0 Å². The van der Waals surface area contributed by atoms with Gasteiger partial charge in [0.1, 0.15) is 0 Å². The van der Waals surface area contributed by atoms with Gasteiger partial charge in [0, 0.05) is 0 Å². The Morgan fingerprint density at radius 1 is 0.550 bits per heavy atom. The molecular weight excluding hydrogens is 234 g/mol. The second-order valence-electron chi connectivity index (χ2n) is 5.93. The van der Waals surface area contributed by atoms with Gasteiger partial charge in [-0.15, -0.1) is 0 Å². The van der Waals surface area contributed by atoms with Crippen molar-refractivity contribution in [3.05, 3.63) is 57.6 Å². The van der Waals surface area contributed by atoms with E-state index in [0.717, 1.165) is 7.28 Å². The summed E-state index contributed by atoms with van der Waals surface area (Å²) in [5, 5.41) is 0. The Labute approximate surface area is 136 Å². The molecule has 2 heteroatoms. The zero-order valence-electron chi connectivity index (χ0n) is 13.0. The van der Waals surface area contributed by atoms with E-state index in [4.69, 9.17) is 0 Å². The van der Waals surface area contributed by atoms with Crippen molar-refractivity contribution in [3.8, 4) is 0 Å². The van der Waals surface area contributed by atoms with Crippen LogP contribution < -0.4 is 10.9 Å². The molecular formula is C18H24BLi. The van der Waals surface area contributed by atoms with E-state index in [9.17, 15) is 0 Å². The molecule has 2 aromatic carbocycles. The molecule has 0 aliphatic carbocycles. The van der Waals surface area contributed by atoms with Crippen LogP contribution in [0.3, 0.4) is 0 Å². The van der Waals surface area contributed by atoms with Gasteiger partial charge in [0.15, 0.2) is 7.28 Å². The van der Waals surface area contributed by atoms with Gasteiger partial charge >= 0.3 is 18.9 Å². The van der Waals surface area contributed by atoms with Crippen molar-refractivity contribution >= 4 is 37.1 Å². The molecule has 2 aromatic rings. The molecule has 0 heterocycles. The zero-order valence-corrected chi connectivity index (χ0v) is 13.0. The van der Waals surface area contributed by atoms with Crippen molar-refractivity contribution in [1.82, 2.24) is 0 Å². The van der Waals surface area contributed by atoms with E-state index in [1.807, 2.05) is 0 Å². The molecule has 0 aliphatic rings. The zero-order chi connectivity index (χ0) is 14.2. The summed E-state index contributed by atoms with van der Waals surface area (Å²) in [5.74, 6) is 0. The van der Waals surface area contributed by atoms with Crippen molar-refractivity contribution in [2.75, 3.05) is 0 Å². The quantitative estimate of drug-likeness (QED) is 0.725. The van der Waals surface area contributed by atoms with Gasteiger partial charge in [-0.3, -0.25) is 0 Å². The predicted molar refractivity (Wildman–Crippen MR) is 94.9 cm³/mol. The molecule has 100 valence electrons. The molecule has 0 spiro atoms. The fourth-order valence-electron chi connectivity index (χ4n) is 3.15. The second kappa shape index (κ2) is 6.70. The monoisotopic (exact) mass is 258 g/mol. The minimum atomic E-state index is 0. The molecule has 0 unspecified atom stereocenters. The van der Waals surface area contributed by atoms with Gasteiger partial charge in [-0.25, -0.2) is 0 Å². The standard InChI is InChI=1S/C18H23B.Li.H/c1-11-7-13(3)17(14(4)8-11)19-18-15(5)9-12(2)10-16(18)6;;/h7-10,19H,1-6H3;;. The van der Waals surface area contributed by atoms with E-state index in [-0.39, 0.29) is 18.9 Å². The van der Waals surface area contributed by atoms with Crippen LogP contribution in [-0.4, -0.2) is 26.1 Å². The molecule has 0 saturated heterocycles. The Kier molecular flexibility index (Phi) is 5.75. The van der Waals surface area contributed by atoms with Gasteiger partial charge in [0.25, 0.3) is 0 Å². The van der Waals surface area contributed by atoms with Crippen LogP contribution in [-0.2, 0) is 0 Å².